The highest BCUT2D eigenvalue weighted by atomic mass is 32.2. The smallest absolute Gasteiger partial charge is 0.291 e. The summed E-state index contributed by atoms with van der Waals surface area (Å²) in [5.74, 6) is -0.0762. The number of hydrogen-bond donors (Lipinski definition) is 2. The fraction of sp³-hybridized carbons (Fsp3) is 0.467. The van der Waals surface area contributed by atoms with Gasteiger partial charge in [-0.2, -0.15) is 5.10 Å². The molecule has 10 nitrogen and oxygen atoms in total. The third kappa shape index (κ3) is 4.10. The van der Waals surface area contributed by atoms with Gasteiger partial charge in [0.1, 0.15) is 6.33 Å². The number of H-pyrrole nitrogens is 2. The topological polar surface area (TPSA) is 128 Å². The zero-order valence-corrected chi connectivity index (χ0v) is 15.2. The second kappa shape index (κ2) is 7.68. The maximum absolute atomic E-state index is 12.6. The summed E-state index contributed by atoms with van der Waals surface area (Å²) in [6.45, 7) is 5.27. The van der Waals surface area contributed by atoms with Gasteiger partial charge in [0.05, 0.1) is 5.25 Å². The fourth-order valence-electron chi connectivity index (χ4n) is 2.67. The minimum absolute atomic E-state index is 0.0501. The van der Waals surface area contributed by atoms with Gasteiger partial charge in [-0.25, -0.2) is 9.97 Å². The van der Waals surface area contributed by atoms with Crippen LogP contribution < -0.4 is 5.56 Å². The number of aryl methyl sites for hydroxylation is 1. The molecule has 1 unspecified atom stereocenters. The third-order valence-corrected chi connectivity index (χ3v) is 4.95. The second-order valence-electron chi connectivity index (χ2n) is 5.90. The third-order valence-electron chi connectivity index (χ3n) is 3.98. The molecule has 1 saturated heterocycles. The van der Waals surface area contributed by atoms with Crippen LogP contribution in [0.2, 0.25) is 0 Å². The Labute approximate surface area is 153 Å². The molecule has 2 aromatic rings. The van der Waals surface area contributed by atoms with E-state index in [1.54, 1.807) is 23.6 Å². The van der Waals surface area contributed by atoms with Crippen molar-refractivity contribution in [2.24, 2.45) is 0 Å². The predicted molar refractivity (Wildman–Crippen MR) is 93.8 cm³/mol. The minimum Gasteiger partial charge on any atom is -0.338 e. The van der Waals surface area contributed by atoms with E-state index in [1.165, 1.54) is 24.2 Å². The minimum atomic E-state index is -0.392. The molecular weight excluding hydrogens is 358 g/mol. The standard InChI is InChI=1S/C15H19N7O3S/c1-9-7-11(23)19-15(18-9)26-10(2)13(24)21-3-5-22(6-4-21)14(25)12-16-8-17-20-12/h7-8,10H,3-6H2,1-2H3,(H,16,17,20)(H,18,19,23). The second-order valence-corrected chi connectivity index (χ2v) is 7.23. The average molecular weight is 377 g/mol. The lowest BCUT2D eigenvalue weighted by Gasteiger charge is -2.35. The van der Waals surface area contributed by atoms with Gasteiger partial charge in [0.25, 0.3) is 11.5 Å². The lowest BCUT2D eigenvalue weighted by molar-refractivity contribution is -0.131. The molecule has 1 aliphatic heterocycles. The Hall–Kier alpha value is -2.69. The number of hydrogen-bond acceptors (Lipinski definition) is 7. The molecule has 3 rings (SSSR count). The van der Waals surface area contributed by atoms with Crippen molar-refractivity contribution in [1.82, 2.24) is 34.9 Å². The normalized spacial score (nSPS) is 15.8. The summed E-state index contributed by atoms with van der Waals surface area (Å²) >= 11 is 1.22. The Bertz CT molecular complexity index is 843. The van der Waals surface area contributed by atoms with E-state index in [0.717, 1.165) is 0 Å². The molecule has 26 heavy (non-hydrogen) atoms. The highest BCUT2D eigenvalue weighted by Crippen LogP contribution is 2.21. The van der Waals surface area contributed by atoms with E-state index in [2.05, 4.69) is 25.1 Å². The van der Waals surface area contributed by atoms with E-state index in [0.29, 0.717) is 37.0 Å². The van der Waals surface area contributed by atoms with Crippen molar-refractivity contribution in [3.63, 3.8) is 0 Å². The van der Waals surface area contributed by atoms with Crippen molar-refractivity contribution in [3.8, 4) is 0 Å². The van der Waals surface area contributed by atoms with Crippen LogP contribution in [0.25, 0.3) is 0 Å². The number of aromatic amines is 2. The molecule has 0 spiro atoms. The van der Waals surface area contributed by atoms with Crippen LogP contribution in [0.3, 0.4) is 0 Å². The maximum Gasteiger partial charge on any atom is 0.291 e. The quantitative estimate of drug-likeness (QED) is 0.551. The summed E-state index contributed by atoms with van der Waals surface area (Å²) < 4.78 is 0. The first-order valence-electron chi connectivity index (χ1n) is 8.12. The van der Waals surface area contributed by atoms with E-state index in [4.69, 9.17) is 0 Å². The van der Waals surface area contributed by atoms with E-state index in [1.807, 2.05) is 0 Å². The predicted octanol–water partition coefficient (Wildman–Crippen LogP) is -0.338. The zero-order valence-electron chi connectivity index (χ0n) is 14.4. The summed E-state index contributed by atoms with van der Waals surface area (Å²) in [4.78, 5) is 50.4. The van der Waals surface area contributed by atoms with Gasteiger partial charge in [-0.3, -0.25) is 19.5 Å². The molecular formula is C15H19N7O3S. The highest BCUT2D eigenvalue weighted by molar-refractivity contribution is 8.00. The summed E-state index contributed by atoms with van der Waals surface area (Å²) in [6, 6.07) is 1.40. The van der Waals surface area contributed by atoms with Crippen LogP contribution >= 0.6 is 11.8 Å². The van der Waals surface area contributed by atoms with Gasteiger partial charge in [-0.15, -0.1) is 0 Å². The number of nitrogens with one attached hydrogen (secondary N) is 2. The summed E-state index contributed by atoms with van der Waals surface area (Å²) in [5, 5.41) is 6.26. The largest absolute Gasteiger partial charge is 0.338 e. The van der Waals surface area contributed by atoms with Crippen molar-refractivity contribution in [2.45, 2.75) is 24.3 Å². The highest BCUT2D eigenvalue weighted by Gasteiger charge is 2.29. The van der Waals surface area contributed by atoms with E-state index < -0.39 is 5.25 Å². The van der Waals surface area contributed by atoms with Crippen molar-refractivity contribution < 1.29 is 9.59 Å². The van der Waals surface area contributed by atoms with E-state index in [-0.39, 0.29) is 23.2 Å². The van der Waals surface area contributed by atoms with Crippen LogP contribution in [0.1, 0.15) is 23.2 Å². The molecule has 2 N–H and O–H groups in total. The average Bonchev–Trinajstić information content (AvgIpc) is 3.14. The summed E-state index contributed by atoms with van der Waals surface area (Å²) in [5.41, 5.74) is 0.370. The van der Waals surface area contributed by atoms with Gasteiger partial charge in [0.2, 0.25) is 11.7 Å². The van der Waals surface area contributed by atoms with Crippen LogP contribution in [-0.2, 0) is 4.79 Å². The number of amides is 2. The zero-order chi connectivity index (χ0) is 18.7. The Morgan fingerprint density at radius 3 is 2.54 bits per heavy atom. The first-order valence-corrected chi connectivity index (χ1v) is 9.00. The van der Waals surface area contributed by atoms with Crippen LogP contribution in [0.4, 0.5) is 0 Å². The SMILES string of the molecule is Cc1cc(=O)[nH]c(SC(C)C(=O)N2CCN(C(=O)c3ncn[nH]3)CC2)n1. The van der Waals surface area contributed by atoms with Gasteiger partial charge >= 0.3 is 0 Å². The van der Waals surface area contributed by atoms with Gasteiger partial charge < -0.3 is 14.8 Å². The number of carbonyl (C=O) groups is 2. The molecule has 2 amide bonds. The fourth-order valence-corrected chi connectivity index (χ4v) is 3.61. The molecule has 138 valence electrons. The molecule has 1 fully saturated rings. The molecule has 2 aromatic heterocycles. The van der Waals surface area contributed by atoms with Crippen LogP contribution in [0.15, 0.2) is 22.3 Å². The molecule has 3 heterocycles. The Kier molecular flexibility index (Phi) is 5.35. The lowest BCUT2D eigenvalue weighted by atomic mass is 10.2. The summed E-state index contributed by atoms with van der Waals surface area (Å²) in [6.07, 6.45) is 1.29. The molecule has 1 aliphatic rings. The van der Waals surface area contributed by atoms with Crippen molar-refractivity contribution in [2.75, 3.05) is 26.2 Å². The van der Waals surface area contributed by atoms with Crippen LogP contribution in [-0.4, -0.2) is 78.2 Å². The molecule has 11 heteroatoms. The van der Waals surface area contributed by atoms with E-state index in [9.17, 15) is 14.4 Å². The number of rotatable bonds is 4. The van der Waals surface area contributed by atoms with Crippen molar-refractivity contribution in [1.29, 1.82) is 0 Å². The molecule has 0 aliphatic carbocycles. The number of carbonyl (C=O) groups excluding carboxylic acids is 2. The Morgan fingerprint density at radius 2 is 1.92 bits per heavy atom. The number of aromatic nitrogens is 5. The molecule has 0 radical (unpaired) electrons. The first kappa shape index (κ1) is 18.1. The van der Waals surface area contributed by atoms with Crippen molar-refractivity contribution in [3.05, 3.63) is 34.3 Å². The van der Waals surface area contributed by atoms with Gasteiger partial charge in [-0.05, 0) is 13.8 Å². The molecule has 0 saturated carbocycles. The van der Waals surface area contributed by atoms with E-state index >= 15 is 0 Å². The van der Waals surface area contributed by atoms with Crippen LogP contribution in [0.5, 0.6) is 0 Å². The molecule has 0 aromatic carbocycles. The Morgan fingerprint density at radius 1 is 1.23 bits per heavy atom. The Balaban J connectivity index is 1.56. The van der Waals surface area contributed by atoms with Crippen molar-refractivity contribution >= 4 is 23.6 Å². The summed E-state index contributed by atoms with van der Waals surface area (Å²) in [7, 11) is 0. The maximum atomic E-state index is 12.6. The first-order chi connectivity index (χ1) is 12.4. The number of nitrogens with zero attached hydrogens (tertiary/aromatic N) is 5. The molecule has 1 atom stereocenters. The van der Waals surface area contributed by atoms with Gasteiger partial charge in [0.15, 0.2) is 5.16 Å². The van der Waals surface area contributed by atoms with Gasteiger partial charge in [0, 0.05) is 37.9 Å². The molecule has 0 bridgehead atoms. The van der Waals surface area contributed by atoms with Crippen LogP contribution in [0, 0.1) is 6.92 Å². The monoisotopic (exact) mass is 377 g/mol. The number of piperazine rings is 1. The number of thioether (sulfide) groups is 1. The van der Waals surface area contributed by atoms with Gasteiger partial charge in [-0.1, -0.05) is 11.8 Å². The lowest BCUT2D eigenvalue weighted by Crippen LogP contribution is -2.52.